The van der Waals surface area contributed by atoms with Gasteiger partial charge in [0.2, 0.25) is 0 Å². The molecule has 0 unspecified atom stereocenters. The molecule has 0 N–H and O–H groups in total. The molecule has 0 amide bonds. The predicted molar refractivity (Wildman–Crippen MR) is 95.8 cm³/mol. The molecular weight excluding hydrogens is 374 g/mol. The molecule has 0 saturated heterocycles. The lowest BCUT2D eigenvalue weighted by atomic mass is 10.1. The largest absolute Gasteiger partial charge is 0.462 e. The molecule has 0 saturated carbocycles. The summed E-state index contributed by atoms with van der Waals surface area (Å²) in [6.45, 7) is 1.95. The number of thiophene rings is 1. The molecule has 4 rings (SSSR count). The van der Waals surface area contributed by atoms with Crippen molar-refractivity contribution in [2.24, 2.45) is 0 Å². The van der Waals surface area contributed by atoms with E-state index >= 15 is 0 Å². The fourth-order valence-electron chi connectivity index (χ4n) is 2.65. The number of benzene rings is 1. The molecule has 0 aliphatic heterocycles. The molecule has 0 aliphatic rings. The number of halogens is 2. The quantitative estimate of drug-likeness (QED) is 0.496. The van der Waals surface area contributed by atoms with Gasteiger partial charge in [0.05, 0.1) is 12.8 Å². The highest BCUT2D eigenvalue weighted by Crippen LogP contribution is 2.36. The van der Waals surface area contributed by atoms with Crippen LogP contribution in [0.1, 0.15) is 16.6 Å². The van der Waals surface area contributed by atoms with E-state index in [9.17, 15) is 13.6 Å². The second-order valence-electron chi connectivity index (χ2n) is 5.50. The van der Waals surface area contributed by atoms with Crippen molar-refractivity contribution in [2.75, 3.05) is 6.61 Å². The van der Waals surface area contributed by atoms with Crippen LogP contribution in [0.25, 0.3) is 27.3 Å². The van der Waals surface area contributed by atoms with Gasteiger partial charge in [0.1, 0.15) is 27.0 Å². The Morgan fingerprint density at radius 3 is 2.81 bits per heavy atom. The van der Waals surface area contributed by atoms with Gasteiger partial charge in [-0.2, -0.15) is 5.10 Å². The first-order chi connectivity index (χ1) is 13.1. The second-order valence-corrected chi connectivity index (χ2v) is 6.53. The summed E-state index contributed by atoms with van der Waals surface area (Å²) in [7, 11) is 0. The third-order valence-electron chi connectivity index (χ3n) is 3.79. The van der Waals surface area contributed by atoms with Crippen LogP contribution in [-0.4, -0.2) is 32.3 Å². The molecule has 0 aliphatic carbocycles. The van der Waals surface area contributed by atoms with Gasteiger partial charge in [-0.25, -0.2) is 23.2 Å². The summed E-state index contributed by atoms with van der Waals surface area (Å²) in [6.07, 6.45) is 4.52. The maximum atomic E-state index is 14.4. The summed E-state index contributed by atoms with van der Waals surface area (Å²) in [6, 6.07) is 4.86. The third kappa shape index (κ3) is 3.06. The van der Waals surface area contributed by atoms with Gasteiger partial charge in [0.25, 0.3) is 0 Å². The van der Waals surface area contributed by atoms with E-state index in [2.05, 4.69) is 15.1 Å². The van der Waals surface area contributed by atoms with Gasteiger partial charge >= 0.3 is 5.97 Å². The first kappa shape index (κ1) is 17.2. The van der Waals surface area contributed by atoms with E-state index < -0.39 is 17.6 Å². The first-order valence-corrected chi connectivity index (χ1v) is 8.81. The van der Waals surface area contributed by atoms with Gasteiger partial charge in [-0.15, -0.1) is 11.3 Å². The Kier molecular flexibility index (Phi) is 4.36. The molecule has 1 aromatic carbocycles. The minimum Gasteiger partial charge on any atom is -0.462 e. The fourth-order valence-corrected chi connectivity index (χ4v) is 3.66. The predicted octanol–water partition coefficient (Wildman–Crippen LogP) is 4.00. The standard InChI is InChI=1S/C18H12F2N4O2S/c1-2-26-18(25)14-8-12-16(11-4-3-10(19)7-13(11)20)23-24(17(12)27-14)15-9-21-5-6-22-15/h3-9H,2H2,1H3. The number of ether oxygens (including phenoxy) is 1. The zero-order valence-electron chi connectivity index (χ0n) is 14.0. The molecule has 0 spiro atoms. The number of hydrogen-bond donors (Lipinski definition) is 0. The van der Waals surface area contributed by atoms with Gasteiger partial charge in [0, 0.05) is 29.4 Å². The Morgan fingerprint density at radius 2 is 2.11 bits per heavy atom. The van der Waals surface area contributed by atoms with Crippen LogP contribution >= 0.6 is 11.3 Å². The van der Waals surface area contributed by atoms with Crippen molar-refractivity contribution in [1.29, 1.82) is 0 Å². The molecule has 4 aromatic rings. The third-order valence-corrected chi connectivity index (χ3v) is 4.88. The molecule has 136 valence electrons. The Labute approximate surface area is 156 Å². The summed E-state index contributed by atoms with van der Waals surface area (Å²) in [5, 5.41) is 4.98. The average Bonchev–Trinajstić information content (AvgIpc) is 3.23. The highest BCUT2D eigenvalue weighted by atomic mass is 32.1. The van der Waals surface area contributed by atoms with Crippen molar-refractivity contribution < 1.29 is 18.3 Å². The monoisotopic (exact) mass is 386 g/mol. The zero-order chi connectivity index (χ0) is 19.0. The Hall–Kier alpha value is -3.20. The SMILES string of the molecule is CCOC(=O)c1cc2c(-c3ccc(F)cc3F)nn(-c3cnccn3)c2s1. The maximum Gasteiger partial charge on any atom is 0.348 e. The number of aromatic nitrogens is 4. The van der Waals surface area contributed by atoms with Gasteiger partial charge in [0.15, 0.2) is 5.82 Å². The Morgan fingerprint density at radius 1 is 1.26 bits per heavy atom. The molecule has 0 fully saturated rings. The van der Waals surface area contributed by atoms with E-state index in [1.54, 1.807) is 13.0 Å². The molecule has 0 atom stereocenters. The van der Waals surface area contributed by atoms with Crippen molar-refractivity contribution in [1.82, 2.24) is 19.7 Å². The summed E-state index contributed by atoms with van der Waals surface area (Å²) < 4.78 is 34.2. The molecule has 3 heterocycles. The van der Waals surface area contributed by atoms with Gasteiger partial charge in [-0.3, -0.25) is 4.98 Å². The number of esters is 1. The van der Waals surface area contributed by atoms with Crippen LogP contribution in [0.15, 0.2) is 42.9 Å². The molecule has 9 heteroatoms. The van der Waals surface area contributed by atoms with E-state index in [-0.39, 0.29) is 17.9 Å². The van der Waals surface area contributed by atoms with Crippen LogP contribution in [0.4, 0.5) is 8.78 Å². The second kappa shape index (κ2) is 6.84. The minimum atomic E-state index is -0.746. The van der Waals surface area contributed by atoms with Crippen molar-refractivity contribution in [3.63, 3.8) is 0 Å². The maximum absolute atomic E-state index is 14.4. The highest BCUT2D eigenvalue weighted by molar-refractivity contribution is 7.20. The lowest BCUT2D eigenvalue weighted by Gasteiger charge is -2.02. The van der Waals surface area contributed by atoms with Crippen LogP contribution < -0.4 is 0 Å². The normalized spacial score (nSPS) is 11.1. The number of carbonyl (C=O) groups is 1. The topological polar surface area (TPSA) is 69.9 Å². The van der Waals surface area contributed by atoms with Crippen molar-refractivity contribution in [3.05, 3.63) is 59.4 Å². The van der Waals surface area contributed by atoms with Crippen molar-refractivity contribution in [3.8, 4) is 17.1 Å². The number of rotatable bonds is 4. The van der Waals surface area contributed by atoms with Crippen molar-refractivity contribution in [2.45, 2.75) is 6.92 Å². The smallest absolute Gasteiger partial charge is 0.348 e. The van der Waals surface area contributed by atoms with Crippen LogP contribution in [0.2, 0.25) is 0 Å². The summed E-state index contributed by atoms with van der Waals surface area (Å²) in [5.41, 5.74) is 0.400. The lowest BCUT2D eigenvalue weighted by molar-refractivity contribution is 0.0532. The highest BCUT2D eigenvalue weighted by Gasteiger charge is 2.22. The number of nitrogens with zero attached hydrogens (tertiary/aromatic N) is 4. The number of carbonyl (C=O) groups excluding carboxylic acids is 1. The van der Waals surface area contributed by atoms with Crippen LogP contribution in [0.3, 0.4) is 0 Å². The first-order valence-electron chi connectivity index (χ1n) is 8.00. The van der Waals surface area contributed by atoms with E-state index in [1.807, 2.05) is 0 Å². The van der Waals surface area contributed by atoms with Gasteiger partial charge in [-0.05, 0) is 25.1 Å². The minimum absolute atomic E-state index is 0.122. The Balaban J connectivity index is 1.97. The molecule has 27 heavy (non-hydrogen) atoms. The fraction of sp³-hybridized carbons (Fsp3) is 0.111. The summed E-state index contributed by atoms with van der Waals surface area (Å²) in [4.78, 5) is 21.3. The molecule has 0 radical (unpaired) electrons. The van der Waals surface area contributed by atoms with Crippen molar-refractivity contribution >= 4 is 27.5 Å². The summed E-state index contributed by atoms with van der Waals surface area (Å²) >= 11 is 1.15. The van der Waals surface area contributed by atoms with Gasteiger partial charge in [-0.1, -0.05) is 0 Å². The van der Waals surface area contributed by atoms with Crippen LogP contribution in [0, 0.1) is 11.6 Å². The molecule has 0 bridgehead atoms. The van der Waals surface area contributed by atoms with Gasteiger partial charge < -0.3 is 4.74 Å². The molecule has 6 nitrogen and oxygen atoms in total. The molecular formula is C18H12F2N4O2S. The molecule has 3 aromatic heterocycles. The van der Waals surface area contributed by atoms with Crippen LogP contribution in [0.5, 0.6) is 0 Å². The van der Waals surface area contributed by atoms with E-state index in [0.717, 1.165) is 23.5 Å². The average molecular weight is 386 g/mol. The zero-order valence-corrected chi connectivity index (χ0v) is 14.8. The number of fused-ring (bicyclic) bond motifs is 1. The van der Waals surface area contributed by atoms with Crippen LogP contribution in [-0.2, 0) is 4.74 Å². The van der Waals surface area contributed by atoms with E-state index in [4.69, 9.17) is 4.74 Å². The Bertz CT molecular complexity index is 1140. The van der Waals surface area contributed by atoms with E-state index in [0.29, 0.717) is 20.9 Å². The number of hydrogen-bond acceptors (Lipinski definition) is 6. The lowest BCUT2D eigenvalue weighted by Crippen LogP contribution is -2.02. The van der Waals surface area contributed by atoms with E-state index in [1.165, 1.54) is 29.3 Å². The summed E-state index contributed by atoms with van der Waals surface area (Å²) in [5.74, 6) is -1.49.